The third kappa shape index (κ3) is 4.79. The predicted octanol–water partition coefficient (Wildman–Crippen LogP) is -1.44. The first-order valence-electron chi connectivity index (χ1n) is 3.61. The summed E-state index contributed by atoms with van der Waals surface area (Å²) in [6, 6.07) is 0.186. The van der Waals surface area contributed by atoms with Gasteiger partial charge in [0.05, 0.1) is 12.7 Å². The van der Waals surface area contributed by atoms with Gasteiger partial charge in [-0.3, -0.25) is 0 Å². The van der Waals surface area contributed by atoms with E-state index in [1.54, 1.807) is 0 Å². The van der Waals surface area contributed by atoms with Gasteiger partial charge in [-0.05, 0) is 14.0 Å². The quantitative estimate of drug-likeness (QED) is 0.465. The molecule has 0 aliphatic heterocycles. The highest BCUT2D eigenvalue weighted by Crippen LogP contribution is 1.92. The van der Waals surface area contributed by atoms with Crippen molar-refractivity contribution in [1.82, 2.24) is 5.32 Å². The Kier molecular flexibility index (Phi) is 5.68. The summed E-state index contributed by atoms with van der Waals surface area (Å²) in [5.41, 5.74) is 0. The van der Waals surface area contributed by atoms with Crippen molar-refractivity contribution >= 4 is 7.85 Å². The highest BCUT2D eigenvalue weighted by atomic mass is 16.5. The fraction of sp³-hybridized carbons (Fsp3) is 1.00. The lowest BCUT2D eigenvalue weighted by Crippen LogP contribution is -2.32. The molecule has 0 heterocycles. The molecule has 10 heavy (non-hydrogen) atoms. The van der Waals surface area contributed by atoms with Crippen LogP contribution >= 0.6 is 0 Å². The molecule has 0 aromatic carbocycles. The van der Waals surface area contributed by atoms with E-state index in [1.165, 1.54) is 0 Å². The van der Waals surface area contributed by atoms with Crippen LogP contribution in [0.15, 0.2) is 0 Å². The second-order valence-electron chi connectivity index (χ2n) is 2.55. The van der Waals surface area contributed by atoms with E-state index in [2.05, 4.69) is 5.32 Å². The molecule has 0 fully saturated rings. The average molecular weight is 145 g/mol. The van der Waals surface area contributed by atoms with Crippen LogP contribution in [0.1, 0.15) is 6.92 Å². The monoisotopic (exact) mass is 145 g/mol. The Morgan fingerprint density at radius 2 is 2.30 bits per heavy atom. The molecule has 3 nitrogen and oxygen atoms in total. The molecule has 0 aromatic heterocycles. The Labute approximate surface area is 63.2 Å². The fourth-order valence-electron chi connectivity index (χ4n) is 0.768. The number of ether oxygens (including phenoxy) is 1. The lowest BCUT2D eigenvalue weighted by molar-refractivity contribution is 0.00398. The molecule has 2 atom stereocenters. The van der Waals surface area contributed by atoms with Gasteiger partial charge in [0.2, 0.25) is 0 Å². The Balaban J connectivity index is 3.39. The zero-order valence-electron chi connectivity index (χ0n) is 6.92. The van der Waals surface area contributed by atoms with Gasteiger partial charge in [-0.15, -0.1) is 0 Å². The van der Waals surface area contributed by atoms with Gasteiger partial charge in [0, 0.05) is 12.5 Å². The number of hydrogen-bond donors (Lipinski definition) is 2. The molecular formula is C6H16BNO2. The topological polar surface area (TPSA) is 41.5 Å². The summed E-state index contributed by atoms with van der Waals surface area (Å²) in [6.07, 6.45) is -0.0648. The van der Waals surface area contributed by atoms with Crippen LogP contribution in [-0.4, -0.2) is 45.3 Å². The van der Waals surface area contributed by atoms with Gasteiger partial charge < -0.3 is 15.2 Å². The number of nitrogens with one attached hydrogen (secondary N) is 1. The van der Waals surface area contributed by atoms with E-state index in [4.69, 9.17) is 9.84 Å². The van der Waals surface area contributed by atoms with E-state index < -0.39 is 0 Å². The van der Waals surface area contributed by atoms with E-state index in [1.807, 2.05) is 21.8 Å². The molecule has 0 rings (SSSR count). The average Bonchev–Trinajstić information content (AvgIpc) is 1.86. The maximum absolute atomic E-state index is 8.74. The molecule has 0 saturated heterocycles. The Morgan fingerprint density at radius 3 is 2.60 bits per heavy atom. The van der Waals surface area contributed by atoms with Crippen LogP contribution in [0.25, 0.3) is 0 Å². The van der Waals surface area contributed by atoms with Crippen molar-refractivity contribution in [3.8, 4) is 0 Å². The van der Waals surface area contributed by atoms with Gasteiger partial charge in [-0.1, -0.05) is 0 Å². The molecule has 4 heteroatoms. The summed E-state index contributed by atoms with van der Waals surface area (Å²) in [5.74, 6) is 0. The van der Waals surface area contributed by atoms with Gasteiger partial charge in [-0.25, -0.2) is 0 Å². The second-order valence-corrected chi connectivity index (χ2v) is 2.55. The Morgan fingerprint density at radius 1 is 1.70 bits per heavy atom. The van der Waals surface area contributed by atoms with Crippen molar-refractivity contribution in [2.24, 2.45) is 0 Å². The maximum atomic E-state index is 8.74. The van der Waals surface area contributed by atoms with E-state index in [0.29, 0.717) is 6.54 Å². The molecule has 0 aliphatic rings. The third-order valence-electron chi connectivity index (χ3n) is 1.10. The largest absolute Gasteiger partial charge is 0.394 e. The van der Waals surface area contributed by atoms with Crippen molar-refractivity contribution in [1.29, 1.82) is 0 Å². The second kappa shape index (κ2) is 5.71. The Bertz CT molecular complexity index is 80.1. The molecule has 0 spiro atoms. The molecule has 2 N–H and O–H groups in total. The molecule has 0 bridgehead atoms. The standard InChI is InChI=1S/C6H16BNO2/c1-5(7)10-6(4-9)3-8-2/h5-6,8-9H,3-4,7H2,1-2H3. The smallest absolute Gasteiger partial charge is 0.138 e. The van der Waals surface area contributed by atoms with E-state index in [9.17, 15) is 0 Å². The zero-order chi connectivity index (χ0) is 7.98. The summed E-state index contributed by atoms with van der Waals surface area (Å²) >= 11 is 0. The van der Waals surface area contributed by atoms with Crippen molar-refractivity contribution in [2.75, 3.05) is 20.2 Å². The minimum atomic E-state index is -0.0648. The SMILES string of the molecule is BC(C)OC(CO)CNC. The van der Waals surface area contributed by atoms with Gasteiger partial charge in [0.1, 0.15) is 7.85 Å². The van der Waals surface area contributed by atoms with Gasteiger partial charge in [0.15, 0.2) is 0 Å². The van der Waals surface area contributed by atoms with Crippen LogP contribution in [0, 0.1) is 0 Å². The summed E-state index contributed by atoms with van der Waals surface area (Å²) in [4.78, 5) is 0. The molecule has 2 unspecified atom stereocenters. The third-order valence-corrected chi connectivity index (χ3v) is 1.10. The summed E-state index contributed by atoms with van der Waals surface area (Å²) < 4.78 is 5.33. The Hall–Kier alpha value is -0.0551. The van der Waals surface area contributed by atoms with Crippen molar-refractivity contribution in [3.05, 3.63) is 0 Å². The number of hydrogen-bond acceptors (Lipinski definition) is 3. The zero-order valence-corrected chi connectivity index (χ0v) is 6.92. The van der Waals surface area contributed by atoms with Crippen molar-refractivity contribution in [2.45, 2.75) is 19.0 Å². The molecule has 60 valence electrons. The highest BCUT2D eigenvalue weighted by molar-refractivity contribution is 6.10. The number of aliphatic hydroxyl groups is 1. The number of likely N-dealkylation sites (N-methyl/N-ethyl adjacent to an activating group) is 1. The summed E-state index contributed by atoms with van der Waals surface area (Å²) in [7, 11) is 3.80. The number of rotatable bonds is 5. The minimum Gasteiger partial charge on any atom is -0.394 e. The van der Waals surface area contributed by atoms with Crippen LogP contribution < -0.4 is 5.32 Å². The number of aliphatic hydroxyl groups excluding tert-OH is 1. The molecule has 0 aromatic rings. The van der Waals surface area contributed by atoms with E-state index in [0.717, 1.165) is 0 Å². The predicted molar refractivity (Wildman–Crippen MR) is 43.9 cm³/mol. The van der Waals surface area contributed by atoms with Crippen molar-refractivity contribution < 1.29 is 9.84 Å². The minimum absolute atomic E-state index is 0.0648. The van der Waals surface area contributed by atoms with Crippen LogP contribution in [0.2, 0.25) is 0 Å². The van der Waals surface area contributed by atoms with Crippen molar-refractivity contribution in [3.63, 3.8) is 0 Å². The van der Waals surface area contributed by atoms with Crippen LogP contribution in [0.3, 0.4) is 0 Å². The highest BCUT2D eigenvalue weighted by Gasteiger charge is 2.07. The van der Waals surface area contributed by atoms with Crippen LogP contribution in [0.5, 0.6) is 0 Å². The molecular weight excluding hydrogens is 129 g/mol. The van der Waals surface area contributed by atoms with E-state index in [-0.39, 0.29) is 18.7 Å². The molecule has 0 aliphatic carbocycles. The van der Waals surface area contributed by atoms with Gasteiger partial charge in [0.25, 0.3) is 0 Å². The summed E-state index contributed by atoms with van der Waals surface area (Å²) in [5, 5.41) is 11.7. The lowest BCUT2D eigenvalue weighted by Gasteiger charge is -2.17. The van der Waals surface area contributed by atoms with Gasteiger partial charge >= 0.3 is 0 Å². The molecule has 0 radical (unpaired) electrons. The lowest BCUT2D eigenvalue weighted by atomic mass is 10.0. The van der Waals surface area contributed by atoms with Gasteiger partial charge in [-0.2, -0.15) is 0 Å². The van der Waals surface area contributed by atoms with E-state index >= 15 is 0 Å². The van der Waals surface area contributed by atoms with Crippen LogP contribution in [-0.2, 0) is 4.74 Å². The van der Waals surface area contributed by atoms with Crippen LogP contribution in [0.4, 0.5) is 0 Å². The normalized spacial score (nSPS) is 16.7. The first kappa shape index (κ1) is 9.94. The molecule has 0 amide bonds. The maximum Gasteiger partial charge on any atom is 0.138 e. The molecule has 0 saturated carbocycles. The summed E-state index contributed by atoms with van der Waals surface area (Å²) in [6.45, 7) is 2.74. The first-order valence-corrected chi connectivity index (χ1v) is 3.61. The fourth-order valence-corrected chi connectivity index (χ4v) is 0.768. The first-order chi connectivity index (χ1) is 4.70.